The van der Waals surface area contributed by atoms with Gasteiger partial charge in [-0.1, -0.05) is 44.5 Å². The van der Waals surface area contributed by atoms with Crippen LogP contribution in [-0.2, 0) is 13.5 Å². The van der Waals surface area contributed by atoms with Gasteiger partial charge < -0.3 is 0 Å². The minimum absolute atomic E-state index is 0.163. The third kappa shape index (κ3) is 4.02. The Morgan fingerprint density at radius 2 is 2.05 bits per heavy atom. The van der Waals surface area contributed by atoms with Crippen LogP contribution in [0.5, 0.6) is 0 Å². The Morgan fingerprint density at radius 3 is 2.63 bits per heavy atom. The second-order valence-corrected chi connectivity index (χ2v) is 7.89. The maximum atomic E-state index is 6.52. The van der Waals surface area contributed by atoms with E-state index < -0.39 is 0 Å². The van der Waals surface area contributed by atoms with Gasteiger partial charge in [-0.05, 0) is 17.2 Å². The lowest BCUT2D eigenvalue weighted by molar-refractivity contribution is 0.767. The number of aromatic nitrogens is 2. The van der Waals surface area contributed by atoms with Gasteiger partial charge in [-0.3, -0.25) is 4.68 Å². The summed E-state index contributed by atoms with van der Waals surface area (Å²) < 4.78 is 1.98. The van der Waals surface area contributed by atoms with Crippen molar-refractivity contribution in [2.24, 2.45) is 7.05 Å². The van der Waals surface area contributed by atoms with Gasteiger partial charge in [-0.25, -0.2) is 0 Å². The molecular weight excluding hydrogens is 276 g/mol. The number of rotatable bonds is 3. The van der Waals surface area contributed by atoms with E-state index in [1.807, 2.05) is 24.1 Å². The third-order valence-corrected chi connectivity index (χ3v) is 4.34. The van der Waals surface area contributed by atoms with E-state index in [4.69, 9.17) is 11.6 Å². The minimum Gasteiger partial charge on any atom is -0.276 e. The molecule has 2 rings (SSSR count). The molecule has 1 aromatic carbocycles. The lowest BCUT2D eigenvalue weighted by atomic mass is 10.1. The van der Waals surface area contributed by atoms with Crippen LogP contribution in [0.4, 0.5) is 0 Å². The predicted molar refractivity (Wildman–Crippen MR) is 83.1 cm³/mol. The van der Waals surface area contributed by atoms with Gasteiger partial charge in [-0.2, -0.15) is 5.10 Å². The van der Waals surface area contributed by atoms with Crippen molar-refractivity contribution in [1.29, 1.82) is 0 Å². The first kappa shape index (κ1) is 14.5. The van der Waals surface area contributed by atoms with Crippen LogP contribution in [-0.4, -0.2) is 14.5 Å². The average Bonchev–Trinajstić information content (AvgIpc) is 2.68. The highest BCUT2D eigenvalue weighted by Crippen LogP contribution is 2.38. The van der Waals surface area contributed by atoms with Gasteiger partial charge in [0.15, 0.2) is 0 Å². The molecule has 0 bridgehead atoms. The molecule has 0 aliphatic rings. The van der Waals surface area contributed by atoms with Crippen molar-refractivity contribution in [3.8, 4) is 0 Å². The van der Waals surface area contributed by atoms with Crippen LogP contribution < -0.4 is 0 Å². The summed E-state index contributed by atoms with van der Waals surface area (Å²) in [5, 5.41) is 5.06. The molecule has 2 nitrogen and oxygen atoms in total. The fourth-order valence-corrected chi connectivity index (χ4v) is 3.22. The van der Waals surface area contributed by atoms with Gasteiger partial charge >= 0.3 is 0 Å². The monoisotopic (exact) mass is 294 g/mol. The Bertz CT molecular complexity index is 570. The van der Waals surface area contributed by atoms with Crippen LogP contribution in [0.1, 0.15) is 31.9 Å². The molecule has 0 spiro atoms. The molecule has 0 saturated carbocycles. The Labute approximate surface area is 124 Å². The third-order valence-electron chi connectivity index (χ3n) is 2.61. The topological polar surface area (TPSA) is 17.8 Å². The van der Waals surface area contributed by atoms with Gasteiger partial charge in [0.25, 0.3) is 0 Å². The first-order chi connectivity index (χ1) is 8.85. The number of hydrogen-bond donors (Lipinski definition) is 0. The van der Waals surface area contributed by atoms with E-state index in [0.717, 1.165) is 21.9 Å². The quantitative estimate of drug-likeness (QED) is 0.773. The zero-order valence-corrected chi connectivity index (χ0v) is 13.3. The number of nitrogens with zero attached hydrogens (tertiary/aromatic N) is 2. The summed E-state index contributed by atoms with van der Waals surface area (Å²) in [6.07, 6.45) is 4.74. The Hall–Kier alpha value is -0.930. The lowest BCUT2D eigenvalue weighted by Crippen LogP contribution is -2.07. The van der Waals surface area contributed by atoms with Gasteiger partial charge in [-0.15, -0.1) is 11.8 Å². The molecule has 0 aliphatic carbocycles. The molecule has 0 atom stereocenters. The molecule has 1 aromatic heterocycles. The second-order valence-electron chi connectivity index (χ2n) is 5.64. The fourth-order valence-electron chi connectivity index (χ4n) is 1.88. The Balaban J connectivity index is 2.24. The zero-order chi connectivity index (χ0) is 14.0. The van der Waals surface area contributed by atoms with Crippen LogP contribution in [0.15, 0.2) is 35.5 Å². The van der Waals surface area contributed by atoms with Crippen LogP contribution in [0, 0.1) is 0 Å². The Morgan fingerprint density at radius 1 is 1.32 bits per heavy atom. The van der Waals surface area contributed by atoms with Crippen molar-refractivity contribution in [2.45, 2.75) is 36.8 Å². The van der Waals surface area contributed by atoms with Gasteiger partial charge in [0.2, 0.25) is 0 Å². The van der Waals surface area contributed by atoms with Crippen molar-refractivity contribution in [3.05, 3.63) is 46.7 Å². The van der Waals surface area contributed by atoms with E-state index in [-0.39, 0.29) is 4.75 Å². The molecule has 19 heavy (non-hydrogen) atoms. The summed E-state index contributed by atoms with van der Waals surface area (Å²) >= 11 is 8.33. The van der Waals surface area contributed by atoms with Crippen molar-refractivity contribution in [3.63, 3.8) is 0 Å². The molecule has 1 heterocycles. The number of halogens is 1. The highest BCUT2D eigenvalue weighted by atomic mass is 35.5. The molecule has 0 aliphatic heterocycles. The maximum Gasteiger partial charge on any atom is 0.0577 e. The zero-order valence-electron chi connectivity index (χ0n) is 11.8. The lowest BCUT2D eigenvalue weighted by Gasteiger charge is -2.19. The first-order valence-corrected chi connectivity index (χ1v) is 7.48. The van der Waals surface area contributed by atoms with Gasteiger partial charge in [0.05, 0.1) is 11.2 Å². The summed E-state index contributed by atoms with van der Waals surface area (Å²) in [6.45, 7) is 6.59. The van der Waals surface area contributed by atoms with Gasteiger partial charge in [0.1, 0.15) is 0 Å². The highest BCUT2D eigenvalue weighted by molar-refractivity contribution is 8.00. The molecule has 0 fully saturated rings. The van der Waals surface area contributed by atoms with Crippen LogP contribution in [0.3, 0.4) is 0 Å². The van der Waals surface area contributed by atoms with Crippen molar-refractivity contribution in [2.75, 3.05) is 0 Å². The number of thioether (sulfide) groups is 1. The van der Waals surface area contributed by atoms with Crippen molar-refractivity contribution >= 4 is 23.4 Å². The predicted octanol–water partition coefficient (Wildman–Crippen LogP) is 4.55. The molecular formula is C15H19ClN2S. The van der Waals surface area contributed by atoms with E-state index in [9.17, 15) is 0 Å². The minimum atomic E-state index is 0.163. The van der Waals surface area contributed by atoms with E-state index >= 15 is 0 Å². The fraction of sp³-hybridized carbons (Fsp3) is 0.400. The first-order valence-electron chi connectivity index (χ1n) is 6.29. The van der Waals surface area contributed by atoms with Crippen LogP contribution >= 0.6 is 23.4 Å². The van der Waals surface area contributed by atoms with E-state index in [2.05, 4.69) is 44.1 Å². The SMILES string of the molecule is Cn1cc(Cc2cccc(SC(C)(C)C)c2Cl)cn1. The standard InChI is InChI=1S/C15H19ClN2S/c1-15(2,3)19-13-7-5-6-12(14(13)16)8-11-9-17-18(4)10-11/h5-7,9-10H,8H2,1-4H3. The summed E-state index contributed by atoms with van der Waals surface area (Å²) in [7, 11) is 1.93. The second kappa shape index (κ2) is 5.59. The van der Waals surface area contributed by atoms with E-state index in [0.29, 0.717) is 0 Å². The summed E-state index contributed by atoms with van der Waals surface area (Å²) in [6, 6.07) is 6.25. The summed E-state index contributed by atoms with van der Waals surface area (Å²) in [5.74, 6) is 0. The molecule has 0 unspecified atom stereocenters. The molecule has 0 saturated heterocycles. The summed E-state index contributed by atoms with van der Waals surface area (Å²) in [5.41, 5.74) is 2.34. The molecule has 2 aromatic rings. The normalized spacial score (nSPS) is 11.8. The summed E-state index contributed by atoms with van der Waals surface area (Å²) in [4.78, 5) is 1.15. The maximum absolute atomic E-state index is 6.52. The number of aryl methyl sites for hydroxylation is 1. The molecule has 4 heteroatoms. The van der Waals surface area contributed by atoms with Crippen molar-refractivity contribution in [1.82, 2.24) is 9.78 Å². The molecule has 0 radical (unpaired) electrons. The molecule has 0 N–H and O–H groups in total. The Kier molecular flexibility index (Phi) is 4.26. The smallest absolute Gasteiger partial charge is 0.0577 e. The number of benzene rings is 1. The molecule has 102 valence electrons. The number of hydrogen-bond acceptors (Lipinski definition) is 2. The van der Waals surface area contributed by atoms with Crippen LogP contribution in [0.25, 0.3) is 0 Å². The largest absolute Gasteiger partial charge is 0.276 e. The average molecular weight is 295 g/mol. The van der Waals surface area contributed by atoms with Crippen molar-refractivity contribution < 1.29 is 0 Å². The highest BCUT2D eigenvalue weighted by Gasteiger charge is 2.16. The molecule has 0 amide bonds. The van der Waals surface area contributed by atoms with E-state index in [1.165, 1.54) is 5.56 Å². The van der Waals surface area contributed by atoms with E-state index in [1.54, 1.807) is 11.8 Å². The van der Waals surface area contributed by atoms with Crippen LogP contribution in [0.2, 0.25) is 5.02 Å². The van der Waals surface area contributed by atoms with Gasteiger partial charge in [0, 0.05) is 29.3 Å².